The number of rotatable bonds is 2. The Morgan fingerprint density at radius 1 is 1.27 bits per heavy atom. The Balaban J connectivity index is 2.00. The number of nitrogens with zero attached hydrogens (tertiary/aromatic N) is 1. The number of likely N-dealkylation sites (tertiary alicyclic amines) is 1. The maximum absolute atomic E-state index is 11.4. The van der Waals surface area contributed by atoms with Crippen molar-refractivity contribution in [1.82, 2.24) is 4.90 Å². The molecule has 1 saturated heterocycles. The fraction of sp³-hybridized carbons (Fsp3) is 0.167. The van der Waals surface area contributed by atoms with E-state index in [2.05, 4.69) is 0 Å². The number of carbonyl (C=O) groups excluding carboxylic acids is 2. The summed E-state index contributed by atoms with van der Waals surface area (Å²) >= 11 is 0. The molecule has 15 heavy (non-hydrogen) atoms. The van der Waals surface area contributed by atoms with E-state index in [-0.39, 0.29) is 11.8 Å². The monoisotopic (exact) mass is 201 g/mol. The van der Waals surface area contributed by atoms with E-state index >= 15 is 0 Å². The van der Waals surface area contributed by atoms with Crippen LogP contribution in [0.3, 0.4) is 0 Å². The lowest BCUT2D eigenvalue weighted by Crippen LogP contribution is -2.46. The molecule has 1 fully saturated rings. The standard InChI is InChI=1S/C12H11NO2/c14-11(13-9-8-12(13)15)7-6-10-4-2-1-3-5-10/h1-7H,8-9H2/b7-6+. The molecule has 0 bridgehead atoms. The van der Waals surface area contributed by atoms with Crippen molar-refractivity contribution in [2.45, 2.75) is 6.42 Å². The van der Waals surface area contributed by atoms with Crippen molar-refractivity contribution in [3.8, 4) is 0 Å². The number of amides is 2. The molecular formula is C12H11NO2. The highest BCUT2D eigenvalue weighted by Crippen LogP contribution is 2.10. The van der Waals surface area contributed by atoms with E-state index in [9.17, 15) is 9.59 Å². The van der Waals surface area contributed by atoms with Crippen molar-refractivity contribution in [2.75, 3.05) is 6.54 Å². The van der Waals surface area contributed by atoms with Gasteiger partial charge in [0, 0.05) is 19.0 Å². The van der Waals surface area contributed by atoms with Crippen LogP contribution in [0.1, 0.15) is 12.0 Å². The van der Waals surface area contributed by atoms with Gasteiger partial charge in [-0.2, -0.15) is 0 Å². The number of β-lactam (4-membered cyclic amide) rings is 1. The summed E-state index contributed by atoms with van der Waals surface area (Å²) in [7, 11) is 0. The number of hydrogen-bond acceptors (Lipinski definition) is 2. The van der Waals surface area contributed by atoms with Crippen molar-refractivity contribution in [3.05, 3.63) is 42.0 Å². The van der Waals surface area contributed by atoms with E-state index < -0.39 is 0 Å². The number of benzene rings is 1. The summed E-state index contributed by atoms with van der Waals surface area (Å²) in [6.07, 6.45) is 3.64. The van der Waals surface area contributed by atoms with Crippen LogP contribution < -0.4 is 0 Å². The van der Waals surface area contributed by atoms with Crippen LogP contribution >= 0.6 is 0 Å². The molecule has 0 atom stereocenters. The first kappa shape index (κ1) is 9.65. The van der Waals surface area contributed by atoms with Gasteiger partial charge in [0.05, 0.1) is 0 Å². The summed E-state index contributed by atoms with van der Waals surface area (Å²) in [4.78, 5) is 23.6. The molecule has 0 N–H and O–H groups in total. The van der Waals surface area contributed by atoms with Crippen LogP contribution in [0.25, 0.3) is 6.08 Å². The first-order valence-electron chi connectivity index (χ1n) is 4.85. The van der Waals surface area contributed by atoms with Crippen molar-refractivity contribution >= 4 is 17.9 Å². The quantitative estimate of drug-likeness (QED) is 0.536. The fourth-order valence-electron chi connectivity index (χ4n) is 1.37. The molecular weight excluding hydrogens is 190 g/mol. The molecule has 0 aliphatic carbocycles. The van der Waals surface area contributed by atoms with Gasteiger partial charge in [0.2, 0.25) is 5.91 Å². The first-order valence-corrected chi connectivity index (χ1v) is 4.85. The predicted octanol–water partition coefficient (Wildman–Crippen LogP) is 1.46. The fourth-order valence-corrected chi connectivity index (χ4v) is 1.37. The highest BCUT2D eigenvalue weighted by molar-refractivity contribution is 6.05. The lowest BCUT2D eigenvalue weighted by Gasteiger charge is -2.27. The molecule has 2 rings (SSSR count). The molecule has 1 aromatic carbocycles. The zero-order valence-corrected chi connectivity index (χ0v) is 8.22. The van der Waals surface area contributed by atoms with Gasteiger partial charge in [0.25, 0.3) is 5.91 Å². The van der Waals surface area contributed by atoms with Crippen molar-refractivity contribution in [2.24, 2.45) is 0 Å². The van der Waals surface area contributed by atoms with Gasteiger partial charge >= 0.3 is 0 Å². The third-order valence-electron chi connectivity index (χ3n) is 2.33. The molecule has 76 valence electrons. The zero-order valence-electron chi connectivity index (χ0n) is 8.22. The molecule has 1 aromatic rings. The third kappa shape index (κ3) is 2.13. The second kappa shape index (κ2) is 4.09. The average molecular weight is 201 g/mol. The van der Waals surface area contributed by atoms with Gasteiger partial charge < -0.3 is 0 Å². The van der Waals surface area contributed by atoms with Gasteiger partial charge in [-0.15, -0.1) is 0 Å². The minimum absolute atomic E-state index is 0.0855. The Hall–Kier alpha value is -1.90. The van der Waals surface area contributed by atoms with Crippen molar-refractivity contribution < 1.29 is 9.59 Å². The maximum Gasteiger partial charge on any atom is 0.253 e. The average Bonchev–Trinajstić information content (AvgIpc) is 2.26. The molecule has 2 amide bonds. The minimum atomic E-state index is -0.227. The second-order valence-corrected chi connectivity index (χ2v) is 3.38. The molecule has 1 aliphatic rings. The third-order valence-corrected chi connectivity index (χ3v) is 2.33. The lowest BCUT2D eigenvalue weighted by atomic mass is 10.2. The minimum Gasteiger partial charge on any atom is -0.278 e. The highest BCUT2D eigenvalue weighted by Gasteiger charge is 2.27. The van der Waals surface area contributed by atoms with Crippen LogP contribution in [0, 0.1) is 0 Å². The van der Waals surface area contributed by atoms with Gasteiger partial charge in [-0.1, -0.05) is 30.3 Å². The van der Waals surface area contributed by atoms with E-state index in [4.69, 9.17) is 0 Å². The van der Waals surface area contributed by atoms with Gasteiger partial charge in [0.15, 0.2) is 0 Å². The molecule has 0 aromatic heterocycles. The number of carbonyl (C=O) groups is 2. The zero-order chi connectivity index (χ0) is 10.7. The molecule has 3 nitrogen and oxygen atoms in total. The van der Waals surface area contributed by atoms with E-state index in [0.717, 1.165) is 5.56 Å². The van der Waals surface area contributed by atoms with Crippen LogP contribution in [0.2, 0.25) is 0 Å². The largest absolute Gasteiger partial charge is 0.278 e. The van der Waals surface area contributed by atoms with E-state index in [0.29, 0.717) is 13.0 Å². The Kier molecular flexibility index (Phi) is 2.63. The van der Waals surface area contributed by atoms with Crippen molar-refractivity contribution in [1.29, 1.82) is 0 Å². The molecule has 0 unspecified atom stereocenters. The van der Waals surface area contributed by atoms with Gasteiger partial charge in [-0.05, 0) is 11.6 Å². The Labute approximate surface area is 88.0 Å². The van der Waals surface area contributed by atoms with Gasteiger partial charge in [-0.25, -0.2) is 0 Å². The van der Waals surface area contributed by atoms with Crippen LogP contribution in [0.15, 0.2) is 36.4 Å². The van der Waals surface area contributed by atoms with Crippen LogP contribution in [0.5, 0.6) is 0 Å². The van der Waals surface area contributed by atoms with Crippen LogP contribution in [-0.4, -0.2) is 23.3 Å². The number of imide groups is 1. The summed E-state index contributed by atoms with van der Waals surface area (Å²) in [6.45, 7) is 0.552. The normalized spacial score (nSPS) is 15.5. The Bertz CT molecular complexity index is 409. The Morgan fingerprint density at radius 2 is 2.00 bits per heavy atom. The molecule has 3 heteroatoms. The predicted molar refractivity (Wildman–Crippen MR) is 56.8 cm³/mol. The smallest absolute Gasteiger partial charge is 0.253 e. The van der Waals surface area contributed by atoms with Gasteiger partial charge in [0.1, 0.15) is 0 Å². The van der Waals surface area contributed by atoms with E-state index in [1.54, 1.807) is 6.08 Å². The van der Waals surface area contributed by atoms with E-state index in [1.165, 1.54) is 11.0 Å². The van der Waals surface area contributed by atoms with Gasteiger partial charge in [-0.3, -0.25) is 14.5 Å². The summed E-state index contributed by atoms with van der Waals surface area (Å²) < 4.78 is 0. The SMILES string of the molecule is O=C(/C=C/c1ccccc1)N1CCC1=O. The van der Waals surface area contributed by atoms with E-state index in [1.807, 2.05) is 30.3 Å². The Morgan fingerprint density at radius 3 is 2.53 bits per heavy atom. The second-order valence-electron chi connectivity index (χ2n) is 3.38. The summed E-state index contributed by atoms with van der Waals surface area (Å²) in [5.41, 5.74) is 0.957. The lowest BCUT2D eigenvalue weighted by molar-refractivity contribution is -0.149. The maximum atomic E-state index is 11.4. The summed E-state index contributed by atoms with van der Waals surface area (Å²) in [5.74, 6) is -0.312. The summed E-state index contributed by atoms with van der Waals surface area (Å²) in [5, 5.41) is 0. The molecule has 0 saturated carbocycles. The summed E-state index contributed by atoms with van der Waals surface area (Å²) in [6, 6.07) is 9.53. The molecule has 0 radical (unpaired) electrons. The van der Waals surface area contributed by atoms with Crippen LogP contribution in [0.4, 0.5) is 0 Å². The van der Waals surface area contributed by atoms with Crippen LogP contribution in [-0.2, 0) is 9.59 Å². The van der Waals surface area contributed by atoms with Crippen molar-refractivity contribution in [3.63, 3.8) is 0 Å². The molecule has 0 spiro atoms. The molecule has 1 aliphatic heterocycles. The number of hydrogen-bond donors (Lipinski definition) is 0. The first-order chi connectivity index (χ1) is 7.27. The molecule has 1 heterocycles. The highest BCUT2D eigenvalue weighted by atomic mass is 16.2. The topological polar surface area (TPSA) is 37.4 Å².